The van der Waals surface area contributed by atoms with Gasteiger partial charge in [0, 0.05) is 6.42 Å². The van der Waals surface area contributed by atoms with Crippen molar-refractivity contribution in [2.24, 2.45) is 0 Å². The molecule has 2 N–H and O–H groups in total. The summed E-state index contributed by atoms with van der Waals surface area (Å²) in [4.78, 5) is 22.8. The molecule has 0 radical (unpaired) electrons. The van der Waals surface area contributed by atoms with Gasteiger partial charge in [0.15, 0.2) is 0 Å². The normalized spacial score (nSPS) is 16.3. The second-order valence-corrected chi connectivity index (χ2v) is 6.88. The molecule has 1 amide bonds. The molecule has 1 aromatic rings. The number of hydrogen-bond donors (Lipinski definition) is 2. The van der Waals surface area contributed by atoms with Crippen molar-refractivity contribution in [1.29, 1.82) is 0 Å². The molecule has 0 spiro atoms. The van der Waals surface area contributed by atoms with E-state index in [1.807, 2.05) is 12.1 Å². The minimum atomic E-state index is -0.979. The second kappa shape index (κ2) is 5.51. The first kappa shape index (κ1) is 15.5. The van der Waals surface area contributed by atoms with Crippen LogP contribution in [0.4, 0.5) is 0 Å². The van der Waals surface area contributed by atoms with Crippen LogP contribution in [0.2, 0.25) is 0 Å². The lowest BCUT2D eigenvalue weighted by molar-refractivity contribution is -0.143. The second-order valence-electron chi connectivity index (χ2n) is 6.88. The Hall–Kier alpha value is -1.84. The van der Waals surface area contributed by atoms with Crippen LogP contribution >= 0.6 is 0 Å². The molecule has 114 valence electrons. The Balaban J connectivity index is 1.86. The van der Waals surface area contributed by atoms with Crippen molar-refractivity contribution in [2.45, 2.75) is 57.4 Å². The average molecular weight is 289 g/mol. The number of hydrogen-bond acceptors (Lipinski definition) is 2. The van der Waals surface area contributed by atoms with Crippen LogP contribution in [0.1, 0.15) is 51.2 Å². The van der Waals surface area contributed by atoms with E-state index in [0.717, 1.165) is 5.56 Å². The molecular formula is C17H23NO3. The largest absolute Gasteiger partial charge is 0.480 e. The Kier molecular flexibility index (Phi) is 4.08. The molecule has 0 bridgehead atoms. The Morgan fingerprint density at radius 3 is 2.19 bits per heavy atom. The van der Waals surface area contributed by atoms with Crippen molar-refractivity contribution in [2.75, 3.05) is 0 Å². The molecule has 0 aromatic heterocycles. The van der Waals surface area contributed by atoms with Crippen LogP contribution in [0.5, 0.6) is 0 Å². The number of carbonyl (C=O) groups excluding carboxylic acids is 1. The van der Waals surface area contributed by atoms with Crippen LogP contribution in [0.25, 0.3) is 0 Å². The topological polar surface area (TPSA) is 66.4 Å². The molecule has 0 unspecified atom stereocenters. The lowest BCUT2D eigenvalue weighted by Gasteiger charge is -2.19. The summed E-state index contributed by atoms with van der Waals surface area (Å²) in [7, 11) is 0. The van der Waals surface area contributed by atoms with E-state index in [1.54, 1.807) is 0 Å². The molecule has 1 aliphatic carbocycles. The lowest BCUT2D eigenvalue weighted by Crippen LogP contribution is -2.43. The molecule has 1 saturated carbocycles. The number of carbonyl (C=O) groups is 2. The molecule has 1 fully saturated rings. The van der Waals surface area contributed by atoms with Crippen LogP contribution in [0.3, 0.4) is 0 Å². The van der Waals surface area contributed by atoms with Gasteiger partial charge in [0.1, 0.15) is 5.54 Å². The molecule has 1 aromatic carbocycles. The maximum absolute atomic E-state index is 11.8. The highest BCUT2D eigenvalue weighted by atomic mass is 16.4. The van der Waals surface area contributed by atoms with Gasteiger partial charge >= 0.3 is 5.97 Å². The SMILES string of the molecule is CC(C)(C)c1ccc(CCC(=O)NC2(C(=O)O)CC2)cc1. The van der Waals surface area contributed by atoms with Crippen molar-refractivity contribution in [3.63, 3.8) is 0 Å². The summed E-state index contributed by atoms with van der Waals surface area (Å²) in [5.41, 5.74) is 1.50. The number of carboxylic acids is 1. The van der Waals surface area contributed by atoms with E-state index in [4.69, 9.17) is 5.11 Å². The zero-order chi connectivity index (χ0) is 15.7. The van der Waals surface area contributed by atoms with Crippen molar-refractivity contribution in [1.82, 2.24) is 5.32 Å². The standard InChI is InChI=1S/C17H23NO3/c1-16(2,3)13-7-4-12(5-8-13)6-9-14(19)18-17(10-11-17)15(20)21/h4-5,7-8H,6,9-11H2,1-3H3,(H,18,19)(H,20,21). The smallest absolute Gasteiger partial charge is 0.329 e. The van der Waals surface area contributed by atoms with Gasteiger partial charge < -0.3 is 10.4 Å². The van der Waals surface area contributed by atoms with E-state index in [0.29, 0.717) is 25.7 Å². The number of nitrogens with one attached hydrogen (secondary N) is 1. The fourth-order valence-corrected chi connectivity index (χ4v) is 2.28. The molecular weight excluding hydrogens is 266 g/mol. The number of carboxylic acid groups (broad SMARTS) is 1. The summed E-state index contributed by atoms with van der Waals surface area (Å²) in [6, 6.07) is 8.26. The molecule has 2 rings (SSSR count). The first-order chi connectivity index (χ1) is 9.73. The molecule has 21 heavy (non-hydrogen) atoms. The Bertz CT molecular complexity index is 536. The molecule has 4 heteroatoms. The molecule has 4 nitrogen and oxygen atoms in total. The fraction of sp³-hybridized carbons (Fsp3) is 0.529. The summed E-state index contributed by atoms with van der Waals surface area (Å²) in [6.07, 6.45) is 2.03. The molecule has 0 saturated heterocycles. The lowest BCUT2D eigenvalue weighted by atomic mass is 9.86. The molecule has 1 aliphatic rings. The van der Waals surface area contributed by atoms with Crippen molar-refractivity contribution >= 4 is 11.9 Å². The maximum Gasteiger partial charge on any atom is 0.329 e. The van der Waals surface area contributed by atoms with E-state index in [1.165, 1.54) is 5.56 Å². The Labute approximate surface area is 125 Å². The number of rotatable bonds is 5. The summed E-state index contributed by atoms with van der Waals surface area (Å²) < 4.78 is 0. The third-order valence-corrected chi connectivity index (χ3v) is 4.00. The number of aryl methyl sites for hydroxylation is 1. The highest BCUT2D eigenvalue weighted by Crippen LogP contribution is 2.35. The van der Waals surface area contributed by atoms with E-state index in [-0.39, 0.29) is 11.3 Å². The Morgan fingerprint density at radius 1 is 1.19 bits per heavy atom. The minimum Gasteiger partial charge on any atom is -0.480 e. The van der Waals surface area contributed by atoms with Gasteiger partial charge in [-0.25, -0.2) is 4.79 Å². The number of aliphatic carboxylic acids is 1. The third-order valence-electron chi connectivity index (χ3n) is 4.00. The van der Waals surface area contributed by atoms with E-state index in [2.05, 4.69) is 38.2 Å². The van der Waals surface area contributed by atoms with Crippen LogP contribution in [-0.4, -0.2) is 22.5 Å². The zero-order valence-corrected chi connectivity index (χ0v) is 12.9. The fourth-order valence-electron chi connectivity index (χ4n) is 2.28. The van der Waals surface area contributed by atoms with Gasteiger partial charge in [-0.1, -0.05) is 45.0 Å². The monoisotopic (exact) mass is 289 g/mol. The van der Waals surface area contributed by atoms with Gasteiger partial charge in [-0.15, -0.1) is 0 Å². The highest BCUT2D eigenvalue weighted by Gasteiger charge is 2.51. The highest BCUT2D eigenvalue weighted by molar-refractivity contribution is 5.89. The number of benzene rings is 1. The van der Waals surface area contributed by atoms with Crippen molar-refractivity contribution in [3.05, 3.63) is 35.4 Å². The van der Waals surface area contributed by atoms with E-state index in [9.17, 15) is 9.59 Å². The quantitative estimate of drug-likeness (QED) is 0.875. The van der Waals surface area contributed by atoms with E-state index < -0.39 is 11.5 Å². The zero-order valence-electron chi connectivity index (χ0n) is 12.9. The first-order valence-electron chi connectivity index (χ1n) is 7.37. The summed E-state index contributed by atoms with van der Waals surface area (Å²) >= 11 is 0. The van der Waals surface area contributed by atoms with Crippen LogP contribution < -0.4 is 5.32 Å². The van der Waals surface area contributed by atoms with Gasteiger partial charge in [-0.05, 0) is 35.8 Å². The van der Waals surface area contributed by atoms with Gasteiger partial charge in [0.2, 0.25) is 5.91 Å². The molecule has 0 heterocycles. The van der Waals surface area contributed by atoms with Crippen LogP contribution in [0.15, 0.2) is 24.3 Å². The summed E-state index contributed by atoms with van der Waals surface area (Å²) in [6.45, 7) is 6.49. The first-order valence-corrected chi connectivity index (χ1v) is 7.37. The van der Waals surface area contributed by atoms with Crippen LogP contribution in [0, 0.1) is 0 Å². The van der Waals surface area contributed by atoms with Crippen molar-refractivity contribution in [3.8, 4) is 0 Å². The minimum absolute atomic E-state index is 0.121. The molecule has 0 aliphatic heterocycles. The van der Waals surface area contributed by atoms with Crippen molar-refractivity contribution < 1.29 is 14.7 Å². The third kappa shape index (κ3) is 3.84. The van der Waals surface area contributed by atoms with Gasteiger partial charge in [0.05, 0.1) is 0 Å². The van der Waals surface area contributed by atoms with Gasteiger partial charge in [-0.2, -0.15) is 0 Å². The summed E-state index contributed by atoms with van der Waals surface area (Å²) in [5.74, 6) is -1.11. The maximum atomic E-state index is 11.8. The Morgan fingerprint density at radius 2 is 1.76 bits per heavy atom. The van der Waals surface area contributed by atoms with Crippen LogP contribution in [-0.2, 0) is 21.4 Å². The number of amides is 1. The van der Waals surface area contributed by atoms with Gasteiger partial charge in [0.25, 0.3) is 0 Å². The predicted molar refractivity (Wildman–Crippen MR) is 81.2 cm³/mol. The molecule has 0 atom stereocenters. The van der Waals surface area contributed by atoms with Gasteiger partial charge in [-0.3, -0.25) is 4.79 Å². The summed E-state index contributed by atoms with van der Waals surface area (Å²) in [5, 5.41) is 11.7. The van der Waals surface area contributed by atoms with E-state index >= 15 is 0 Å². The predicted octanol–water partition coefficient (Wildman–Crippen LogP) is 2.65. The average Bonchev–Trinajstić information content (AvgIpc) is 3.17.